The molecule has 1 rings (SSSR count). The minimum Gasteiger partial charge on any atom is -0.465 e. The summed E-state index contributed by atoms with van der Waals surface area (Å²) in [5, 5.41) is 2.94. The van der Waals surface area contributed by atoms with Gasteiger partial charge in [0.2, 0.25) is 10.0 Å². The van der Waals surface area contributed by atoms with Crippen LogP contribution in [-0.4, -0.2) is 41.6 Å². The molecule has 0 aliphatic carbocycles. The molecule has 8 heteroatoms. The third-order valence-corrected chi connectivity index (χ3v) is 3.99. The SMILES string of the molecule is CNCCCNS(=O)(=O)Cc1cccc(C(=O)OC)c1.Cl. The van der Waals surface area contributed by atoms with E-state index in [-0.39, 0.29) is 18.2 Å². The molecule has 0 bridgehead atoms. The van der Waals surface area contributed by atoms with Crippen LogP contribution in [0.1, 0.15) is 22.3 Å². The number of hydrogen-bond acceptors (Lipinski definition) is 5. The van der Waals surface area contributed by atoms with E-state index >= 15 is 0 Å². The highest BCUT2D eigenvalue weighted by Crippen LogP contribution is 2.09. The van der Waals surface area contributed by atoms with Gasteiger partial charge in [0.25, 0.3) is 0 Å². The fourth-order valence-corrected chi connectivity index (χ4v) is 2.85. The molecule has 0 fully saturated rings. The van der Waals surface area contributed by atoms with Gasteiger partial charge in [0.15, 0.2) is 0 Å². The molecule has 120 valence electrons. The Balaban J connectivity index is 0.00000400. The largest absolute Gasteiger partial charge is 0.465 e. The minimum atomic E-state index is -3.39. The number of rotatable bonds is 8. The third-order valence-electron chi connectivity index (χ3n) is 2.63. The average Bonchev–Trinajstić information content (AvgIpc) is 2.42. The summed E-state index contributed by atoms with van der Waals surface area (Å²) in [6, 6.07) is 6.42. The molecule has 0 radical (unpaired) electrons. The van der Waals surface area contributed by atoms with Crippen molar-refractivity contribution in [1.29, 1.82) is 0 Å². The van der Waals surface area contributed by atoms with Gasteiger partial charge in [0.05, 0.1) is 18.4 Å². The van der Waals surface area contributed by atoms with Gasteiger partial charge < -0.3 is 10.1 Å². The van der Waals surface area contributed by atoms with Crippen molar-refractivity contribution in [3.05, 3.63) is 35.4 Å². The second kappa shape index (κ2) is 9.73. The molecule has 0 aliphatic heterocycles. The Hall–Kier alpha value is -1.15. The summed E-state index contributed by atoms with van der Waals surface area (Å²) in [6.07, 6.45) is 0.720. The van der Waals surface area contributed by atoms with Crippen LogP contribution >= 0.6 is 12.4 Å². The van der Waals surface area contributed by atoms with Gasteiger partial charge in [-0.15, -0.1) is 12.4 Å². The fraction of sp³-hybridized carbons (Fsp3) is 0.462. The lowest BCUT2D eigenvalue weighted by atomic mass is 10.1. The van der Waals surface area contributed by atoms with Gasteiger partial charge >= 0.3 is 5.97 Å². The van der Waals surface area contributed by atoms with E-state index in [1.807, 2.05) is 7.05 Å². The number of carbonyl (C=O) groups is 1. The summed E-state index contributed by atoms with van der Waals surface area (Å²) in [6.45, 7) is 1.14. The Morgan fingerprint density at radius 2 is 2.00 bits per heavy atom. The first-order valence-electron chi connectivity index (χ1n) is 6.27. The fourth-order valence-electron chi connectivity index (χ4n) is 1.67. The lowest BCUT2D eigenvalue weighted by Gasteiger charge is -2.07. The van der Waals surface area contributed by atoms with E-state index in [4.69, 9.17) is 0 Å². The van der Waals surface area contributed by atoms with Crippen LogP contribution in [0.25, 0.3) is 0 Å². The molecular weight excluding hydrogens is 316 g/mol. The van der Waals surface area contributed by atoms with Crippen molar-refractivity contribution in [3.63, 3.8) is 0 Å². The van der Waals surface area contributed by atoms with Crippen molar-refractivity contribution in [1.82, 2.24) is 10.0 Å². The van der Waals surface area contributed by atoms with E-state index in [1.54, 1.807) is 18.2 Å². The average molecular weight is 337 g/mol. The summed E-state index contributed by atoms with van der Waals surface area (Å²) in [5.74, 6) is -0.636. The number of methoxy groups -OCH3 is 1. The lowest BCUT2D eigenvalue weighted by Crippen LogP contribution is -2.28. The topological polar surface area (TPSA) is 84.5 Å². The van der Waals surface area contributed by atoms with Gasteiger partial charge in [0, 0.05) is 6.54 Å². The van der Waals surface area contributed by atoms with Crippen LogP contribution < -0.4 is 10.0 Å². The molecule has 0 heterocycles. The molecule has 1 aromatic carbocycles. The minimum absolute atomic E-state index is 0. The lowest BCUT2D eigenvalue weighted by molar-refractivity contribution is 0.0600. The van der Waals surface area contributed by atoms with Crippen molar-refractivity contribution in [3.8, 4) is 0 Å². The van der Waals surface area contributed by atoms with Crippen molar-refractivity contribution in [2.45, 2.75) is 12.2 Å². The second-order valence-electron chi connectivity index (χ2n) is 4.30. The predicted molar refractivity (Wildman–Crippen MR) is 84.2 cm³/mol. The van der Waals surface area contributed by atoms with E-state index in [2.05, 4.69) is 14.8 Å². The highest BCUT2D eigenvalue weighted by Gasteiger charge is 2.12. The Bertz CT molecular complexity index is 549. The first-order chi connectivity index (χ1) is 9.48. The highest BCUT2D eigenvalue weighted by atomic mass is 35.5. The van der Waals surface area contributed by atoms with Crippen LogP contribution in [0, 0.1) is 0 Å². The normalized spacial score (nSPS) is 10.8. The van der Waals surface area contributed by atoms with Crippen molar-refractivity contribution < 1.29 is 17.9 Å². The summed E-state index contributed by atoms with van der Waals surface area (Å²) in [4.78, 5) is 11.4. The first-order valence-corrected chi connectivity index (χ1v) is 7.93. The Labute approximate surface area is 131 Å². The number of halogens is 1. The number of sulfonamides is 1. The van der Waals surface area contributed by atoms with E-state index < -0.39 is 16.0 Å². The zero-order valence-electron chi connectivity index (χ0n) is 12.1. The molecule has 0 aliphatic rings. The maximum absolute atomic E-state index is 11.9. The summed E-state index contributed by atoms with van der Waals surface area (Å²) in [5.41, 5.74) is 0.893. The zero-order chi connectivity index (χ0) is 15.0. The molecule has 6 nitrogen and oxygen atoms in total. The van der Waals surface area contributed by atoms with Crippen LogP contribution in [0.15, 0.2) is 24.3 Å². The zero-order valence-corrected chi connectivity index (χ0v) is 13.7. The molecule has 0 atom stereocenters. The van der Waals surface area contributed by atoms with Gasteiger partial charge in [-0.3, -0.25) is 0 Å². The van der Waals surface area contributed by atoms with Crippen molar-refractivity contribution in [2.24, 2.45) is 0 Å². The molecule has 0 aromatic heterocycles. The molecule has 0 saturated carbocycles. The monoisotopic (exact) mass is 336 g/mol. The van der Waals surface area contributed by atoms with Gasteiger partial charge in [-0.2, -0.15) is 0 Å². The Morgan fingerprint density at radius 3 is 2.62 bits per heavy atom. The van der Waals surface area contributed by atoms with E-state index in [0.29, 0.717) is 17.7 Å². The third kappa shape index (κ3) is 7.42. The van der Waals surface area contributed by atoms with Gasteiger partial charge in [-0.25, -0.2) is 17.9 Å². The van der Waals surface area contributed by atoms with Gasteiger partial charge in [-0.05, 0) is 37.7 Å². The quantitative estimate of drug-likeness (QED) is 0.545. The van der Waals surface area contributed by atoms with E-state index in [1.165, 1.54) is 13.2 Å². The molecule has 0 amide bonds. The van der Waals surface area contributed by atoms with E-state index in [9.17, 15) is 13.2 Å². The van der Waals surface area contributed by atoms with Crippen molar-refractivity contribution >= 4 is 28.4 Å². The van der Waals surface area contributed by atoms with Crippen LogP contribution in [0.5, 0.6) is 0 Å². The molecule has 2 N–H and O–H groups in total. The molecule has 21 heavy (non-hydrogen) atoms. The van der Waals surface area contributed by atoms with Crippen LogP contribution in [0.4, 0.5) is 0 Å². The molecule has 0 unspecified atom stereocenters. The standard InChI is InChI=1S/C13H20N2O4S.ClH/c1-14-7-4-8-15-20(17,18)10-11-5-3-6-12(9-11)13(16)19-2;/h3,5-6,9,14-15H,4,7-8,10H2,1-2H3;1H. The molecular formula is C13H21ClN2O4S. The summed E-state index contributed by atoms with van der Waals surface area (Å²) in [7, 11) is -0.295. The number of carbonyl (C=O) groups excluding carboxylic acids is 1. The number of hydrogen-bond donors (Lipinski definition) is 2. The smallest absolute Gasteiger partial charge is 0.337 e. The maximum Gasteiger partial charge on any atom is 0.337 e. The number of ether oxygens (including phenoxy) is 1. The first kappa shape index (κ1) is 19.9. The Morgan fingerprint density at radius 1 is 1.29 bits per heavy atom. The van der Waals surface area contributed by atoms with Crippen molar-refractivity contribution in [2.75, 3.05) is 27.2 Å². The molecule has 1 aromatic rings. The van der Waals surface area contributed by atoms with Crippen LogP contribution in [0.2, 0.25) is 0 Å². The maximum atomic E-state index is 11.9. The predicted octanol–water partition coefficient (Wildman–Crippen LogP) is 0.924. The van der Waals surface area contributed by atoms with Gasteiger partial charge in [0.1, 0.15) is 0 Å². The number of esters is 1. The Kier molecular flexibility index (Phi) is 9.19. The highest BCUT2D eigenvalue weighted by molar-refractivity contribution is 7.88. The summed E-state index contributed by atoms with van der Waals surface area (Å²) >= 11 is 0. The van der Waals surface area contributed by atoms with Crippen LogP contribution in [-0.2, 0) is 20.5 Å². The number of nitrogens with one attached hydrogen (secondary N) is 2. The second-order valence-corrected chi connectivity index (χ2v) is 6.11. The summed E-state index contributed by atoms with van der Waals surface area (Å²) < 4.78 is 30.9. The van der Waals surface area contributed by atoms with E-state index in [0.717, 1.165) is 13.0 Å². The number of benzene rings is 1. The van der Waals surface area contributed by atoms with Gasteiger partial charge in [-0.1, -0.05) is 12.1 Å². The van der Waals surface area contributed by atoms with Crippen LogP contribution in [0.3, 0.4) is 0 Å². The molecule has 0 saturated heterocycles. The molecule has 0 spiro atoms.